The van der Waals surface area contributed by atoms with Gasteiger partial charge < -0.3 is 83.6 Å². The second kappa shape index (κ2) is 36.6. The summed E-state index contributed by atoms with van der Waals surface area (Å²) in [6.45, 7) is 10.8. The van der Waals surface area contributed by atoms with Gasteiger partial charge in [-0.1, -0.05) is 113 Å². The number of nitrogens with zero attached hydrogens (tertiary/aromatic N) is 8. The van der Waals surface area contributed by atoms with Gasteiger partial charge in [-0.2, -0.15) is 31.4 Å². The molecule has 9 N–H and O–H groups in total. The van der Waals surface area contributed by atoms with Crippen LogP contribution < -0.4 is 52.6 Å². The number of fused-ring (bicyclic) bond motifs is 4. The molecule has 2 saturated heterocycles. The van der Waals surface area contributed by atoms with E-state index in [1.54, 1.807) is 36.4 Å². The van der Waals surface area contributed by atoms with Crippen LogP contribution in [0.15, 0.2) is 97.6 Å². The molecule has 4 unspecified atom stereocenters. The molecule has 0 spiro atoms. The first-order valence-electron chi connectivity index (χ1n) is 30.5. The Labute approximate surface area is 586 Å². The Bertz CT molecular complexity index is 3970. The maximum atomic E-state index is 15.8. The Morgan fingerprint density at radius 2 is 1.10 bits per heavy atom. The molecule has 12 atom stereocenters. The maximum absolute atomic E-state index is 15.8. The number of anilines is 2. The molecule has 0 saturated carbocycles. The third-order valence-electron chi connectivity index (χ3n) is 14.8. The number of halogens is 4. The summed E-state index contributed by atoms with van der Waals surface area (Å²) in [5.41, 5.74) is 8.35. The molecular weight excluding hydrogens is 1360 g/mol. The molecule has 6 heterocycles. The van der Waals surface area contributed by atoms with E-state index in [4.69, 9.17) is 69.8 Å². The first-order valence-corrected chi connectivity index (χ1v) is 34.6. The molecule has 35 heteroatoms. The minimum atomic E-state index is -4.40. The number of nitrogen functional groups attached to an aromatic ring is 2. The van der Waals surface area contributed by atoms with Gasteiger partial charge in [0.1, 0.15) is 47.0 Å². The average Bonchev–Trinajstić information content (AvgIpc) is 1.61. The molecule has 0 radical (unpaired) electrons. The molecule has 28 nitrogen and oxygen atoms in total. The fraction of sp³-hybridized carbons (Fsp3) is 0.468. The van der Waals surface area contributed by atoms with Crippen LogP contribution in [0.4, 0.5) is 20.7 Å². The number of carbonyl (C=O) groups is 2. The molecule has 8 aromatic rings. The van der Waals surface area contributed by atoms with Crippen LogP contribution in [0.3, 0.4) is 0 Å². The molecule has 0 aliphatic carbocycles. The number of unbranched alkanes of at least 4 members (excludes halogenated alkanes) is 3. The maximum Gasteiger partial charge on any atom is 2.00 e. The molecular formula is C62H82Cl2F2MgN12O16P2. The summed E-state index contributed by atoms with van der Waals surface area (Å²) in [6, 6.07) is 23.4. The van der Waals surface area contributed by atoms with Crippen molar-refractivity contribution in [3.8, 4) is 23.3 Å². The van der Waals surface area contributed by atoms with Crippen molar-refractivity contribution < 1.29 is 97.2 Å². The number of carbonyl (C=O) groups excluding carboxylic acids is 2. The Morgan fingerprint density at radius 3 is 1.53 bits per heavy atom. The normalized spacial score (nSPS) is 22.1. The van der Waals surface area contributed by atoms with Crippen LogP contribution in [-0.4, -0.2) is 178 Å². The van der Waals surface area contributed by atoms with E-state index >= 15 is 4.39 Å². The number of benzene rings is 4. The van der Waals surface area contributed by atoms with Gasteiger partial charge in [0.2, 0.25) is 23.7 Å². The number of esters is 2. The number of ether oxygens (including phenoxy) is 6. The van der Waals surface area contributed by atoms with Gasteiger partial charge in [-0.15, -0.1) is 0 Å². The number of aliphatic hydroxyl groups is 3. The van der Waals surface area contributed by atoms with Crippen LogP contribution in [-0.2, 0) is 42.2 Å². The summed E-state index contributed by atoms with van der Waals surface area (Å²) in [6.07, 6.45) is -0.742. The number of hydrogen-bond acceptors (Lipinski definition) is 24. The SMILES string of the molecule is CCCCOC(=O)[C@H](C)NP(=O)(Cl)Oc1cccc2ccccc12.CCCCOC(=O)[C@H](C)NP(=O)(OC[C@H]1OC(n2cnc3c(OC)nc(N)nc32)[C@](C)(O)[C@@H]1F)Oc1cccc2ccccc12.COc1nc(N)nc2c1ncn2C1O[C@H](CO)[C@@H](F)[C@@]1(C)O.[CH2-]CCC.[Cl-].[Mg+2]. The smallest absolute Gasteiger partial charge is 1.00 e. The van der Waals surface area contributed by atoms with Crippen molar-refractivity contribution in [1.29, 1.82) is 0 Å². The number of imidazole rings is 2. The zero-order valence-corrected chi connectivity index (χ0v) is 59.8. The molecule has 97 heavy (non-hydrogen) atoms. The van der Waals surface area contributed by atoms with Crippen molar-refractivity contribution in [2.45, 2.75) is 147 Å². The van der Waals surface area contributed by atoms with Gasteiger partial charge in [-0.3, -0.25) is 23.2 Å². The van der Waals surface area contributed by atoms with E-state index in [-0.39, 0.29) is 88.3 Å². The minimum Gasteiger partial charge on any atom is -1.00 e. The predicted molar refractivity (Wildman–Crippen MR) is 358 cm³/mol. The second-order valence-corrected chi connectivity index (χ2v) is 26.8. The van der Waals surface area contributed by atoms with Crippen molar-refractivity contribution in [3.05, 3.63) is 105 Å². The van der Waals surface area contributed by atoms with Gasteiger partial charge in [-0.25, -0.2) is 33.0 Å². The molecule has 2 fully saturated rings. The number of rotatable bonds is 25. The number of alkyl halides is 2. The summed E-state index contributed by atoms with van der Waals surface area (Å²) < 4.78 is 108. The Morgan fingerprint density at radius 1 is 0.691 bits per heavy atom. The van der Waals surface area contributed by atoms with E-state index in [1.807, 2.05) is 62.4 Å². The largest absolute Gasteiger partial charge is 2.00 e. The third kappa shape index (κ3) is 20.2. The molecule has 4 aromatic heterocycles. The van der Waals surface area contributed by atoms with Gasteiger partial charge in [-0.05, 0) is 63.4 Å². The summed E-state index contributed by atoms with van der Waals surface area (Å²) in [5, 5.41) is 39.1. The third-order valence-corrected chi connectivity index (χ3v) is 18.1. The van der Waals surface area contributed by atoms with Gasteiger partial charge in [0.05, 0.1) is 53.3 Å². The zero-order valence-electron chi connectivity index (χ0n) is 55.1. The number of aliphatic hydroxyl groups excluding tert-OH is 1. The standard InChI is InChI=1S/C29H36FN6O8P.C17H21ClNO4P.C12H16FN5O4.C4H9.ClH.Mg/c1-5-6-14-41-26(37)17(2)35-45(39,44-20-13-9-11-18-10-7-8-12-19(18)20)42-15-21-23(30)29(3,38)27(43-21)36-16-32-22-24(36)33-28(31)34-25(22)40-4;1-3-4-12-22-17(20)13(2)19-24(18,21)23-16-11-7-9-14-8-5-6-10-15(14)16;1-12(20)7(13)5(3-19)22-10(12)18-4-15-6-8(18)16-11(14)17-9(6)21-2;1-3-4-2;;/h7-13,16-17,21,23,27,38H,5-6,14-15H2,1-4H3,(H,35,39)(H2,31,33,34);5-11,13H,3-4,12H2,1-2H3,(H,19,21);4-5,7,10,19-20H,3H2,1-2H3,(H2,14,16,17);1,3-4H2,2H3;1H;/q;;;-1;;+2/p-1/t17-,21+,23+,27?,29+,45?;13-,24?;5-,7-,10?,12-;;;/m001.../s1. The van der Waals surface area contributed by atoms with Crippen molar-refractivity contribution in [3.63, 3.8) is 0 Å². The fourth-order valence-corrected chi connectivity index (χ4v) is 12.9. The van der Waals surface area contributed by atoms with Crippen LogP contribution in [0.1, 0.15) is 99.4 Å². The van der Waals surface area contributed by atoms with Crippen LogP contribution in [0.5, 0.6) is 23.3 Å². The topological polar surface area (TPSA) is 375 Å². The van der Waals surface area contributed by atoms with E-state index < -0.39 is 100 Å². The number of nitrogens with two attached hydrogens (primary N) is 2. The Hall–Kier alpha value is -6.41. The van der Waals surface area contributed by atoms with Crippen LogP contribution in [0, 0.1) is 6.92 Å². The van der Waals surface area contributed by atoms with E-state index in [2.05, 4.69) is 53.9 Å². The zero-order chi connectivity index (χ0) is 69.4. The molecule has 10 rings (SSSR count). The molecule has 2 aliphatic heterocycles. The van der Waals surface area contributed by atoms with Crippen LogP contribution >= 0.6 is 25.9 Å². The number of hydrogen-bond donors (Lipinski definition) is 7. The summed E-state index contributed by atoms with van der Waals surface area (Å²) in [4.78, 5) is 48.9. The Kier molecular flexibility index (Phi) is 30.7. The quantitative estimate of drug-likeness (QED) is 0.0104. The average molecular weight is 1450 g/mol. The number of methoxy groups -OCH3 is 2. The van der Waals surface area contributed by atoms with Crippen molar-refractivity contribution in [2.75, 3.05) is 52.1 Å². The molecule has 0 amide bonds. The molecule has 2 aliphatic rings. The summed E-state index contributed by atoms with van der Waals surface area (Å²) in [5.74, 6) is -0.507. The number of aromatic nitrogens is 8. The predicted octanol–water partition coefficient (Wildman–Crippen LogP) is 6.61. The second-order valence-electron chi connectivity index (χ2n) is 22.3. The fourth-order valence-electron chi connectivity index (χ4n) is 9.72. The van der Waals surface area contributed by atoms with E-state index in [0.717, 1.165) is 41.8 Å². The van der Waals surface area contributed by atoms with Crippen molar-refractivity contribution in [2.24, 2.45) is 0 Å². The van der Waals surface area contributed by atoms with Crippen molar-refractivity contribution in [1.82, 2.24) is 49.2 Å². The number of nitrogens with one attached hydrogen (secondary N) is 2. The first-order chi connectivity index (χ1) is 45.2. The van der Waals surface area contributed by atoms with Gasteiger partial charge >= 0.3 is 49.6 Å². The van der Waals surface area contributed by atoms with Crippen LogP contribution in [0.25, 0.3) is 43.9 Å². The summed E-state index contributed by atoms with van der Waals surface area (Å²) in [7, 11) is -1.62. The van der Waals surface area contributed by atoms with E-state index in [1.165, 1.54) is 70.1 Å². The van der Waals surface area contributed by atoms with Gasteiger partial charge in [0.15, 0.2) is 47.1 Å². The van der Waals surface area contributed by atoms with Gasteiger partial charge in [0.25, 0.3) is 0 Å². The van der Waals surface area contributed by atoms with Crippen molar-refractivity contribution >= 4 is 117 Å². The minimum absolute atomic E-state index is 0. The summed E-state index contributed by atoms with van der Waals surface area (Å²) >= 11 is 5.99. The Balaban J connectivity index is 0.000000276. The molecule has 0 bridgehead atoms. The monoisotopic (exact) mass is 1440 g/mol. The molecule has 4 aromatic carbocycles. The first kappa shape index (κ1) is 81.3. The van der Waals surface area contributed by atoms with Gasteiger partial charge in [0, 0.05) is 22.0 Å². The van der Waals surface area contributed by atoms with E-state index in [9.17, 15) is 33.3 Å². The molecule has 526 valence electrons. The van der Waals surface area contributed by atoms with Crippen LogP contribution in [0.2, 0.25) is 0 Å². The van der Waals surface area contributed by atoms with E-state index in [0.29, 0.717) is 29.7 Å².